The molecule has 1 unspecified atom stereocenters. The summed E-state index contributed by atoms with van der Waals surface area (Å²) in [5.74, 6) is 0. The molecule has 1 rings (SSSR count). The van der Waals surface area contributed by atoms with Gasteiger partial charge in [0, 0.05) is 13.4 Å². The van der Waals surface area contributed by atoms with Crippen LogP contribution in [-0.4, -0.2) is 18.5 Å². The van der Waals surface area contributed by atoms with Crippen LogP contribution in [0.1, 0.15) is 5.56 Å². The molecule has 0 saturated carbocycles. The third kappa shape index (κ3) is 3.74. The molecule has 0 aliphatic carbocycles. The van der Waals surface area contributed by atoms with Crippen LogP contribution < -0.4 is 0 Å². The molecular formula is C12H19BrOSi. The minimum absolute atomic E-state index is 0.605. The summed E-state index contributed by atoms with van der Waals surface area (Å²) in [4.78, 5) is 0. The molecule has 1 N–H and O–H groups in total. The van der Waals surface area contributed by atoms with Crippen molar-refractivity contribution in [3.63, 3.8) is 0 Å². The highest BCUT2D eigenvalue weighted by atomic mass is 79.9. The number of benzene rings is 1. The lowest BCUT2D eigenvalue weighted by Crippen LogP contribution is -2.37. The molecule has 3 heteroatoms. The van der Waals surface area contributed by atoms with E-state index in [0.29, 0.717) is 5.33 Å². The average molecular weight is 287 g/mol. The molecular weight excluding hydrogens is 268 g/mol. The lowest BCUT2D eigenvalue weighted by Gasteiger charge is -2.32. The Morgan fingerprint density at radius 1 is 1.20 bits per heavy atom. The molecule has 0 saturated heterocycles. The molecule has 0 bridgehead atoms. The fraction of sp³-hybridized carbons (Fsp3) is 0.500. The van der Waals surface area contributed by atoms with Gasteiger partial charge in [-0.15, -0.1) is 0 Å². The van der Waals surface area contributed by atoms with Gasteiger partial charge in [-0.2, -0.15) is 0 Å². The lowest BCUT2D eigenvalue weighted by atomic mass is 9.98. The molecule has 0 aliphatic heterocycles. The van der Waals surface area contributed by atoms with Crippen molar-refractivity contribution in [2.45, 2.75) is 31.3 Å². The Balaban J connectivity index is 2.96. The molecule has 1 aromatic rings. The van der Waals surface area contributed by atoms with Crippen molar-refractivity contribution >= 4 is 24.0 Å². The molecule has 1 aromatic carbocycles. The standard InChI is InChI=1S/C12H19BrOSi/c1-15(2,3)10-12(14,9-13)11-7-5-4-6-8-11/h4-8,14H,9-10H2,1-3H3. The molecule has 1 nitrogen and oxygen atoms in total. The van der Waals surface area contributed by atoms with Gasteiger partial charge in [0.05, 0.1) is 5.60 Å². The van der Waals surface area contributed by atoms with Crippen LogP contribution in [0.3, 0.4) is 0 Å². The summed E-state index contributed by atoms with van der Waals surface area (Å²) < 4.78 is 0. The number of hydrogen-bond donors (Lipinski definition) is 1. The Labute approximate surface area is 102 Å². The van der Waals surface area contributed by atoms with Crippen LogP contribution in [0.2, 0.25) is 25.7 Å². The fourth-order valence-electron chi connectivity index (χ4n) is 1.85. The summed E-state index contributed by atoms with van der Waals surface area (Å²) in [6.45, 7) is 6.84. The minimum atomic E-state index is -1.28. The molecule has 0 fully saturated rings. The molecule has 0 aromatic heterocycles. The van der Waals surface area contributed by atoms with Crippen LogP contribution in [0.4, 0.5) is 0 Å². The van der Waals surface area contributed by atoms with Crippen molar-refractivity contribution in [1.82, 2.24) is 0 Å². The van der Waals surface area contributed by atoms with E-state index in [0.717, 1.165) is 11.6 Å². The Morgan fingerprint density at radius 2 is 1.73 bits per heavy atom. The van der Waals surface area contributed by atoms with Gasteiger partial charge in [0.1, 0.15) is 0 Å². The van der Waals surface area contributed by atoms with E-state index in [9.17, 15) is 5.11 Å². The first-order valence-electron chi connectivity index (χ1n) is 5.21. The third-order valence-corrected chi connectivity index (χ3v) is 4.93. The fourth-order valence-corrected chi connectivity index (χ4v) is 4.82. The number of alkyl halides is 1. The van der Waals surface area contributed by atoms with E-state index in [2.05, 4.69) is 35.6 Å². The summed E-state index contributed by atoms with van der Waals surface area (Å²) in [6.07, 6.45) is 0. The van der Waals surface area contributed by atoms with Crippen LogP contribution in [0.25, 0.3) is 0 Å². The van der Waals surface area contributed by atoms with Gasteiger partial charge >= 0.3 is 0 Å². The Kier molecular flexibility index (Phi) is 4.15. The van der Waals surface area contributed by atoms with E-state index in [-0.39, 0.29) is 0 Å². The van der Waals surface area contributed by atoms with Crippen LogP contribution in [0.5, 0.6) is 0 Å². The Morgan fingerprint density at radius 3 is 2.13 bits per heavy atom. The second-order valence-corrected chi connectivity index (χ2v) is 11.3. The predicted octanol–water partition coefficient (Wildman–Crippen LogP) is 3.61. The topological polar surface area (TPSA) is 20.2 Å². The van der Waals surface area contributed by atoms with E-state index in [4.69, 9.17) is 0 Å². The van der Waals surface area contributed by atoms with Crippen molar-refractivity contribution in [3.05, 3.63) is 35.9 Å². The summed E-state index contributed by atoms with van der Waals surface area (Å²) >= 11 is 3.43. The molecule has 15 heavy (non-hydrogen) atoms. The number of halogens is 1. The molecule has 84 valence electrons. The largest absolute Gasteiger partial charge is 0.385 e. The summed E-state index contributed by atoms with van der Waals surface area (Å²) in [7, 11) is -1.28. The number of rotatable bonds is 4. The van der Waals surface area contributed by atoms with E-state index in [1.54, 1.807) is 0 Å². The Bertz CT molecular complexity index is 307. The van der Waals surface area contributed by atoms with Crippen molar-refractivity contribution in [2.24, 2.45) is 0 Å². The number of hydrogen-bond acceptors (Lipinski definition) is 1. The van der Waals surface area contributed by atoms with Crippen LogP contribution >= 0.6 is 15.9 Å². The van der Waals surface area contributed by atoms with Crippen LogP contribution in [0, 0.1) is 0 Å². The zero-order chi connectivity index (χ0) is 11.5. The summed E-state index contributed by atoms with van der Waals surface area (Å²) in [5.41, 5.74) is 0.315. The van der Waals surface area contributed by atoms with Crippen molar-refractivity contribution in [3.8, 4) is 0 Å². The van der Waals surface area contributed by atoms with Gasteiger partial charge in [0.2, 0.25) is 0 Å². The zero-order valence-corrected chi connectivity index (χ0v) is 12.2. The van der Waals surface area contributed by atoms with Gasteiger partial charge < -0.3 is 5.11 Å². The predicted molar refractivity (Wildman–Crippen MR) is 72.3 cm³/mol. The maximum absolute atomic E-state index is 10.6. The van der Waals surface area contributed by atoms with E-state index in [1.165, 1.54) is 0 Å². The molecule has 1 atom stereocenters. The molecule has 0 aliphatic rings. The van der Waals surface area contributed by atoms with Crippen molar-refractivity contribution in [2.75, 3.05) is 5.33 Å². The monoisotopic (exact) mass is 286 g/mol. The third-order valence-electron chi connectivity index (χ3n) is 2.35. The van der Waals surface area contributed by atoms with Gasteiger partial charge in [0.15, 0.2) is 0 Å². The maximum Gasteiger partial charge on any atom is 0.0969 e. The average Bonchev–Trinajstić information content (AvgIpc) is 2.16. The first-order valence-corrected chi connectivity index (χ1v) is 10.0. The normalized spacial score (nSPS) is 16.1. The molecule has 0 spiro atoms. The molecule has 0 radical (unpaired) electrons. The maximum atomic E-state index is 10.6. The van der Waals surface area contributed by atoms with Gasteiger partial charge in [-0.25, -0.2) is 0 Å². The summed E-state index contributed by atoms with van der Waals surface area (Å²) in [6, 6.07) is 10.8. The highest BCUT2D eigenvalue weighted by Crippen LogP contribution is 2.32. The first-order chi connectivity index (χ1) is 6.87. The van der Waals surface area contributed by atoms with E-state index < -0.39 is 13.7 Å². The molecule has 0 heterocycles. The SMILES string of the molecule is C[Si](C)(C)CC(O)(CBr)c1ccccc1. The van der Waals surface area contributed by atoms with Crippen molar-refractivity contribution < 1.29 is 5.11 Å². The minimum Gasteiger partial charge on any atom is -0.385 e. The van der Waals surface area contributed by atoms with Crippen LogP contribution in [-0.2, 0) is 5.60 Å². The number of aliphatic hydroxyl groups is 1. The second-order valence-electron chi connectivity index (χ2n) is 5.27. The van der Waals surface area contributed by atoms with Gasteiger partial charge in [-0.3, -0.25) is 0 Å². The highest BCUT2D eigenvalue weighted by Gasteiger charge is 2.33. The van der Waals surface area contributed by atoms with Crippen molar-refractivity contribution in [1.29, 1.82) is 0 Å². The smallest absolute Gasteiger partial charge is 0.0969 e. The first kappa shape index (κ1) is 12.9. The van der Waals surface area contributed by atoms with E-state index in [1.807, 2.05) is 30.3 Å². The lowest BCUT2D eigenvalue weighted by molar-refractivity contribution is 0.0837. The zero-order valence-electron chi connectivity index (χ0n) is 9.63. The highest BCUT2D eigenvalue weighted by molar-refractivity contribution is 9.09. The molecule has 0 amide bonds. The Hall–Kier alpha value is -0.123. The van der Waals surface area contributed by atoms with Crippen LogP contribution in [0.15, 0.2) is 30.3 Å². The quantitative estimate of drug-likeness (QED) is 0.662. The summed E-state index contributed by atoms with van der Waals surface area (Å²) in [5, 5.41) is 11.2. The second kappa shape index (κ2) is 4.81. The van der Waals surface area contributed by atoms with E-state index >= 15 is 0 Å². The van der Waals surface area contributed by atoms with Gasteiger partial charge in [0.25, 0.3) is 0 Å². The van der Waals surface area contributed by atoms with Gasteiger partial charge in [-0.1, -0.05) is 65.9 Å². The van der Waals surface area contributed by atoms with Gasteiger partial charge in [-0.05, 0) is 11.6 Å².